The van der Waals surface area contributed by atoms with Crippen molar-refractivity contribution < 1.29 is 18.3 Å². The molecule has 556 valence electrons. The third-order valence-electron chi connectivity index (χ3n) is 23.2. The van der Waals surface area contributed by atoms with E-state index >= 15 is 0 Å². The predicted octanol–water partition coefficient (Wildman–Crippen LogP) is 28.4. The molecule has 0 saturated carbocycles. The summed E-state index contributed by atoms with van der Waals surface area (Å²) in [5, 5.41) is 13.0. The summed E-state index contributed by atoms with van der Waals surface area (Å²) in [5.74, 6) is 1.30. The molecule has 3 aliphatic rings. The predicted molar refractivity (Wildman–Crippen MR) is 461 cm³/mol. The highest BCUT2D eigenvalue weighted by Gasteiger charge is 2.20. The lowest BCUT2D eigenvalue weighted by Gasteiger charge is -2.20. The van der Waals surface area contributed by atoms with Crippen molar-refractivity contribution >= 4 is 53.9 Å². The molecular formula is C104H114F2O2. The van der Waals surface area contributed by atoms with E-state index in [1.54, 1.807) is 61.7 Å². The minimum atomic E-state index is -1.75. The van der Waals surface area contributed by atoms with E-state index in [-0.39, 0.29) is 6.61 Å². The molecular weight excluding hydrogens is 1320 g/mol. The first-order valence-corrected chi connectivity index (χ1v) is 40.5. The molecule has 0 spiro atoms. The van der Waals surface area contributed by atoms with Crippen molar-refractivity contribution in [1.29, 1.82) is 0 Å². The largest absolute Gasteiger partial charge is 0.489 e. The molecule has 3 aliphatic carbocycles. The van der Waals surface area contributed by atoms with E-state index in [4.69, 9.17) is 9.47 Å². The molecule has 0 aliphatic heterocycles. The Morgan fingerprint density at radius 2 is 0.731 bits per heavy atom. The molecule has 0 radical (unpaired) electrons. The van der Waals surface area contributed by atoms with Crippen LogP contribution in [0.15, 0.2) is 220 Å². The summed E-state index contributed by atoms with van der Waals surface area (Å²) in [6.45, 7) is 29.1. The zero-order chi connectivity index (χ0) is 75.6. The minimum absolute atomic E-state index is 0.169. The maximum Gasteiger partial charge on any atom is 0.269 e. The topological polar surface area (TPSA) is 18.5 Å². The van der Waals surface area contributed by atoms with Crippen molar-refractivity contribution in [3.63, 3.8) is 0 Å². The highest BCUT2D eigenvalue weighted by molar-refractivity contribution is 6.11. The molecule has 0 aromatic heterocycles. The fraction of sp³-hybridized carbons (Fsp3) is 0.327. The van der Waals surface area contributed by atoms with Crippen molar-refractivity contribution in [1.82, 2.24) is 0 Å². The van der Waals surface area contributed by atoms with Crippen LogP contribution >= 0.6 is 0 Å². The smallest absolute Gasteiger partial charge is 0.269 e. The maximum atomic E-state index is 12.2. The van der Waals surface area contributed by atoms with Gasteiger partial charge in [0.2, 0.25) is 0 Å². The number of hydrogen-bond acceptors (Lipinski definition) is 2. The van der Waals surface area contributed by atoms with Crippen molar-refractivity contribution in [2.24, 2.45) is 0 Å². The maximum absolute atomic E-state index is 12.2. The molecule has 0 bridgehead atoms. The van der Waals surface area contributed by atoms with E-state index in [2.05, 4.69) is 207 Å². The number of halogens is 2. The van der Waals surface area contributed by atoms with Gasteiger partial charge in [0, 0.05) is 16.8 Å². The van der Waals surface area contributed by atoms with Crippen LogP contribution in [0.4, 0.5) is 8.78 Å². The van der Waals surface area contributed by atoms with Crippen LogP contribution in [-0.4, -0.2) is 13.2 Å². The number of ether oxygens (including phenoxy) is 2. The van der Waals surface area contributed by atoms with Crippen LogP contribution in [0.2, 0.25) is 0 Å². The van der Waals surface area contributed by atoms with Gasteiger partial charge in [0.25, 0.3) is 6.08 Å². The number of aryl methyl sites for hydroxylation is 20. The molecule has 0 fully saturated rings. The summed E-state index contributed by atoms with van der Waals surface area (Å²) < 4.78 is 35.5. The lowest BCUT2D eigenvalue weighted by molar-refractivity contribution is 0.347. The Labute approximate surface area is 644 Å². The summed E-state index contributed by atoms with van der Waals surface area (Å²) in [5.41, 5.74) is 32.0. The Kier molecular flexibility index (Phi) is 27.0. The van der Waals surface area contributed by atoms with Crippen molar-refractivity contribution in [2.75, 3.05) is 13.2 Å². The zero-order valence-electron chi connectivity index (χ0n) is 66.1. The fourth-order valence-electron chi connectivity index (χ4n) is 16.7. The van der Waals surface area contributed by atoms with Crippen LogP contribution in [-0.2, 0) is 77.0 Å². The summed E-state index contributed by atoms with van der Waals surface area (Å²) in [6.07, 6.45) is 34.8. The molecule has 0 amide bonds. The van der Waals surface area contributed by atoms with Gasteiger partial charge in [0.15, 0.2) is 0 Å². The van der Waals surface area contributed by atoms with Gasteiger partial charge in [-0.05, 0) is 381 Å². The number of fused-ring (bicyclic) bond motifs is 9. The van der Waals surface area contributed by atoms with E-state index in [1.807, 2.05) is 50.3 Å². The SMILES string of the molecule is C=CCCCCc1c(CCCCC=C)c2cc(C)ccc2c2ccc(C)cc12.C=CCOc1cc(C)cc2c(OCC=C(F)F)cc(C)cc12.Cc1c2ccccc2c(C)c2cc(-c3ccc4c(c3)CC4)ccc12.Cc1cc(CCCCCc2ccc3c(c2)CC3)c(C)cc1CCCCCc1ccc2c(c1)CC2. The number of allylic oxidation sites excluding steroid dienone is 2. The lowest BCUT2D eigenvalue weighted by atomic mass is 9.85. The first kappa shape index (κ1) is 78.0. The van der Waals surface area contributed by atoms with Crippen molar-refractivity contribution in [3.05, 3.63) is 331 Å². The summed E-state index contributed by atoms with van der Waals surface area (Å²) in [6, 6.07) is 63.7. The molecule has 2 nitrogen and oxygen atoms in total. The van der Waals surface area contributed by atoms with Crippen LogP contribution < -0.4 is 9.47 Å². The third kappa shape index (κ3) is 19.4. The Bertz CT molecular complexity index is 5070. The number of unbranched alkanes of at least 4 members (excludes halogenated alkanes) is 8. The second-order valence-corrected chi connectivity index (χ2v) is 31.2. The molecule has 108 heavy (non-hydrogen) atoms. The van der Waals surface area contributed by atoms with E-state index in [0.29, 0.717) is 12.4 Å². The molecule has 12 aromatic carbocycles. The van der Waals surface area contributed by atoms with Gasteiger partial charge in [-0.25, -0.2) is 0 Å². The number of hydrogen-bond donors (Lipinski definition) is 0. The Morgan fingerprint density at radius 3 is 1.19 bits per heavy atom. The Hall–Kier alpha value is -9.64. The number of rotatable bonds is 29. The first-order valence-electron chi connectivity index (χ1n) is 40.5. The van der Waals surface area contributed by atoms with Gasteiger partial charge in [-0.1, -0.05) is 188 Å². The zero-order valence-corrected chi connectivity index (χ0v) is 66.1. The van der Waals surface area contributed by atoms with E-state index in [9.17, 15) is 8.78 Å². The third-order valence-corrected chi connectivity index (χ3v) is 23.2. The van der Waals surface area contributed by atoms with E-state index < -0.39 is 6.08 Å². The minimum Gasteiger partial charge on any atom is -0.489 e. The standard InChI is InChI=1S/C34H42.C28H34.C24H20.C18H18F2O2/c1-25-21-32(12-8-4-6-10-28-14-16-30-18-20-34(30)24-28)26(2)22-31(25)11-7-3-5-9-27-13-15-29-17-19-33(29)23-27;1-5-7-9-11-13-23-24(14-12-10-8-6-2)28-20-22(4)16-18-26(28)25-17-15-21(3)19-27(23)25;1-15-21-5-3-4-6-22(21)16(2)24-14-20(11-12-23(15)24)19-10-8-17-7-9-18(17)13-19;1-4-6-21-16-10-12(2)9-15-14(16)8-13(3)11-17(15)22-7-5-18(19)20/h13-16,21-24H,3-12,17-20H2,1-2H3;5-6,15-20H,1-2,7-14H2,3-4H3;3-6,8,10-14H,7,9H2,1-2H3;4-5,8-11H,1,6-7H2,2-3H3. The summed E-state index contributed by atoms with van der Waals surface area (Å²) >= 11 is 0. The van der Waals surface area contributed by atoms with Gasteiger partial charge in [-0.15, -0.1) is 13.2 Å². The number of benzene rings is 12. The molecule has 0 saturated heterocycles. The van der Waals surface area contributed by atoms with Crippen LogP contribution in [0, 0.1) is 55.4 Å². The van der Waals surface area contributed by atoms with Crippen LogP contribution in [0.25, 0.3) is 65.0 Å². The van der Waals surface area contributed by atoms with Gasteiger partial charge < -0.3 is 9.47 Å². The highest BCUT2D eigenvalue weighted by atomic mass is 19.3. The molecule has 12 aromatic rings. The van der Waals surface area contributed by atoms with Gasteiger partial charge >= 0.3 is 0 Å². The Balaban J connectivity index is 0.000000136. The first-order chi connectivity index (χ1) is 52.5. The van der Waals surface area contributed by atoms with Gasteiger partial charge in [0.1, 0.15) is 24.7 Å². The van der Waals surface area contributed by atoms with E-state index in [0.717, 1.165) is 59.4 Å². The molecule has 15 rings (SSSR count). The molecule has 0 N–H and O–H groups in total. The van der Waals surface area contributed by atoms with E-state index in [1.165, 1.54) is 227 Å². The van der Waals surface area contributed by atoms with Gasteiger partial charge in [-0.3, -0.25) is 0 Å². The Morgan fingerprint density at radius 1 is 0.324 bits per heavy atom. The molecule has 0 heterocycles. The van der Waals surface area contributed by atoms with Crippen molar-refractivity contribution in [3.8, 4) is 22.6 Å². The summed E-state index contributed by atoms with van der Waals surface area (Å²) in [7, 11) is 0. The van der Waals surface area contributed by atoms with Crippen LogP contribution in [0.3, 0.4) is 0 Å². The van der Waals surface area contributed by atoms with Gasteiger partial charge in [-0.2, -0.15) is 8.78 Å². The quantitative estimate of drug-likeness (QED) is 0.0201. The summed E-state index contributed by atoms with van der Waals surface area (Å²) in [4.78, 5) is 0. The van der Waals surface area contributed by atoms with Crippen molar-refractivity contribution in [2.45, 2.75) is 209 Å². The lowest BCUT2D eigenvalue weighted by Crippen LogP contribution is -2.08. The molecule has 0 atom stereocenters. The monoisotopic (exact) mass is 1430 g/mol. The normalized spacial score (nSPS) is 12.2. The second-order valence-electron chi connectivity index (χ2n) is 31.2. The highest BCUT2D eigenvalue weighted by Crippen LogP contribution is 2.40. The van der Waals surface area contributed by atoms with Crippen LogP contribution in [0.5, 0.6) is 11.5 Å². The fourth-order valence-corrected chi connectivity index (χ4v) is 16.7. The average Bonchev–Trinajstić information content (AvgIpc) is 0.755. The molecule has 4 heteroatoms. The second kappa shape index (κ2) is 37.5. The molecule has 0 unspecified atom stereocenters. The average molecular weight is 1430 g/mol. The van der Waals surface area contributed by atoms with Crippen LogP contribution in [0.1, 0.15) is 188 Å². The van der Waals surface area contributed by atoms with Gasteiger partial charge in [0.05, 0.1) is 0 Å².